The number of rotatable bonds is 4. The first-order chi connectivity index (χ1) is 13.1. The Kier molecular flexibility index (Phi) is 4.40. The topological polar surface area (TPSA) is 79.3 Å². The highest BCUT2D eigenvalue weighted by molar-refractivity contribution is 7.22. The average Bonchev–Trinajstić information content (AvgIpc) is 3.09. The molecule has 0 saturated carbocycles. The van der Waals surface area contributed by atoms with Crippen LogP contribution in [0.1, 0.15) is 26.3 Å². The molecule has 0 aliphatic heterocycles. The first kappa shape index (κ1) is 16.9. The summed E-state index contributed by atoms with van der Waals surface area (Å²) in [6.07, 6.45) is 0. The molecule has 4 aromatic rings. The molecular weight excluding hydrogens is 360 g/mol. The van der Waals surface area contributed by atoms with Gasteiger partial charge in [-0.25, -0.2) is 4.98 Å². The smallest absolute Gasteiger partial charge is 0.257 e. The van der Waals surface area contributed by atoms with Gasteiger partial charge in [-0.1, -0.05) is 53.8 Å². The molecule has 5 nitrogen and oxygen atoms in total. The van der Waals surface area contributed by atoms with E-state index in [0.717, 1.165) is 4.70 Å². The molecule has 132 valence electrons. The molecule has 27 heavy (non-hydrogen) atoms. The van der Waals surface area contributed by atoms with E-state index in [1.165, 1.54) is 11.3 Å². The third kappa shape index (κ3) is 3.56. The summed E-state index contributed by atoms with van der Waals surface area (Å²) in [7, 11) is 0. The van der Waals surface area contributed by atoms with Gasteiger partial charge >= 0.3 is 0 Å². The highest BCUT2D eigenvalue weighted by Gasteiger charge is 2.13. The lowest BCUT2D eigenvalue weighted by Crippen LogP contribution is -2.12. The van der Waals surface area contributed by atoms with Crippen molar-refractivity contribution in [3.05, 3.63) is 89.5 Å². The molecule has 0 fully saturated rings. The van der Waals surface area contributed by atoms with Crippen LogP contribution in [0.2, 0.25) is 0 Å². The Balaban J connectivity index is 1.51. The number of hydrogen-bond acceptors (Lipinski definition) is 5. The number of hydrogen-bond donors (Lipinski definition) is 2. The van der Waals surface area contributed by atoms with Crippen molar-refractivity contribution in [1.29, 1.82) is 0 Å². The SMILES string of the molecule is O=C(Nc1nc2ccc(O)cc2s1)c1ccc(C(=O)c2ccccc2)cc1. The van der Waals surface area contributed by atoms with Crippen LogP contribution in [0.4, 0.5) is 5.13 Å². The standard InChI is InChI=1S/C21H14N2O3S/c24-16-10-11-17-18(12-16)27-21(22-17)23-20(26)15-8-6-14(7-9-15)19(25)13-4-2-1-3-5-13/h1-12,24H,(H,22,23,26). The minimum Gasteiger partial charge on any atom is -0.508 e. The van der Waals surface area contributed by atoms with Crippen LogP contribution in [0.3, 0.4) is 0 Å². The second kappa shape index (κ2) is 7.01. The minimum absolute atomic E-state index is 0.0893. The number of fused-ring (bicyclic) bond motifs is 1. The number of nitrogens with zero attached hydrogens (tertiary/aromatic N) is 1. The van der Waals surface area contributed by atoms with E-state index >= 15 is 0 Å². The van der Waals surface area contributed by atoms with Gasteiger partial charge < -0.3 is 5.11 Å². The van der Waals surface area contributed by atoms with E-state index in [0.29, 0.717) is 27.3 Å². The van der Waals surface area contributed by atoms with E-state index in [2.05, 4.69) is 10.3 Å². The van der Waals surface area contributed by atoms with Crippen molar-refractivity contribution in [3.8, 4) is 5.75 Å². The van der Waals surface area contributed by atoms with Gasteiger partial charge in [-0.05, 0) is 30.3 Å². The van der Waals surface area contributed by atoms with Gasteiger partial charge in [0.25, 0.3) is 5.91 Å². The van der Waals surface area contributed by atoms with Crippen molar-refractivity contribution < 1.29 is 14.7 Å². The Bertz CT molecular complexity index is 1140. The molecule has 0 saturated heterocycles. The Morgan fingerprint density at radius 3 is 2.26 bits per heavy atom. The van der Waals surface area contributed by atoms with E-state index in [4.69, 9.17) is 0 Å². The first-order valence-corrected chi connectivity index (χ1v) is 9.02. The van der Waals surface area contributed by atoms with Gasteiger partial charge in [0.2, 0.25) is 0 Å². The van der Waals surface area contributed by atoms with E-state index in [9.17, 15) is 14.7 Å². The maximum absolute atomic E-state index is 12.4. The number of aromatic nitrogens is 1. The predicted octanol–water partition coefficient (Wildman–Crippen LogP) is 4.49. The van der Waals surface area contributed by atoms with Crippen LogP contribution in [0.25, 0.3) is 10.2 Å². The van der Waals surface area contributed by atoms with Gasteiger partial charge in [-0.2, -0.15) is 0 Å². The predicted molar refractivity (Wildman–Crippen MR) is 106 cm³/mol. The van der Waals surface area contributed by atoms with Gasteiger partial charge in [-0.15, -0.1) is 0 Å². The molecule has 0 bridgehead atoms. The monoisotopic (exact) mass is 374 g/mol. The van der Waals surface area contributed by atoms with Gasteiger partial charge in [0.1, 0.15) is 5.75 Å². The lowest BCUT2D eigenvalue weighted by Gasteiger charge is -2.04. The normalized spacial score (nSPS) is 10.7. The average molecular weight is 374 g/mol. The summed E-state index contributed by atoms with van der Waals surface area (Å²) in [4.78, 5) is 29.2. The van der Waals surface area contributed by atoms with Crippen LogP contribution < -0.4 is 5.32 Å². The molecule has 0 spiro atoms. The first-order valence-electron chi connectivity index (χ1n) is 8.21. The number of carbonyl (C=O) groups excluding carboxylic acids is 2. The van der Waals surface area contributed by atoms with Crippen LogP contribution in [0, 0.1) is 0 Å². The summed E-state index contributed by atoms with van der Waals surface area (Å²) in [6, 6.07) is 20.4. The molecule has 1 amide bonds. The molecular formula is C21H14N2O3S. The van der Waals surface area contributed by atoms with Crippen molar-refractivity contribution >= 4 is 38.4 Å². The zero-order chi connectivity index (χ0) is 18.8. The molecule has 0 atom stereocenters. The number of thiazole rings is 1. The van der Waals surface area contributed by atoms with Crippen LogP contribution in [-0.2, 0) is 0 Å². The highest BCUT2D eigenvalue weighted by Crippen LogP contribution is 2.29. The third-order valence-corrected chi connectivity index (χ3v) is 4.97. The number of nitrogens with one attached hydrogen (secondary N) is 1. The maximum atomic E-state index is 12.4. The summed E-state index contributed by atoms with van der Waals surface area (Å²) in [5, 5.41) is 12.7. The summed E-state index contributed by atoms with van der Waals surface area (Å²) in [5.74, 6) is -0.242. The lowest BCUT2D eigenvalue weighted by molar-refractivity contribution is 0.102. The van der Waals surface area contributed by atoms with Crippen molar-refractivity contribution in [2.24, 2.45) is 0 Å². The fourth-order valence-electron chi connectivity index (χ4n) is 2.67. The van der Waals surface area contributed by atoms with Crippen LogP contribution >= 0.6 is 11.3 Å². The zero-order valence-electron chi connectivity index (χ0n) is 14.0. The Morgan fingerprint density at radius 2 is 1.52 bits per heavy atom. The molecule has 0 aliphatic rings. The van der Waals surface area contributed by atoms with Crippen LogP contribution in [0.5, 0.6) is 5.75 Å². The molecule has 0 radical (unpaired) electrons. The minimum atomic E-state index is -0.308. The summed E-state index contributed by atoms with van der Waals surface area (Å²) in [5.41, 5.74) is 2.26. The largest absolute Gasteiger partial charge is 0.508 e. The summed E-state index contributed by atoms with van der Waals surface area (Å²) >= 11 is 1.28. The maximum Gasteiger partial charge on any atom is 0.257 e. The quantitative estimate of drug-likeness (QED) is 0.516. The second-order valence-electron chi connectivity index (χ2n) is 5.90. The lowest BCUT2D eigenvalue weighted by atomic mass is 10.0. The Morgan fingerprint density at radius 1 is 0.852 bits per heavy atom. The van der Waals surface area contributed by atoms with E-state index in [1.54, 1.807) is 54.6 Å². The molecule has 3 aromatic carbocycles. The van der Waals surface area contributed by atoms with Gasteiger partial charge in [0.05, 0.1) is 10.2 Å². The van der Waals surface area contributed by atoms with E-state index in [1.807, 2.05) is 18.2 Å². The molecule has 4 rings (SSSR count). The van der Waals surface area contributed by atoms with Gasteiger partial charge in [0, 0.05) is 16.7 Å². The number of carbonyl (C=O) groups is 2. The number of anilines is 1. The van der Waals surface area contributed by atoms with Crippen LogP contribution in [0.15, 0.2) is 72.8 Å². The molecule has 0 unspecified atom stereocenters. The number of phenolic OH excluding ortho intramolecular Hbond substituents is 1. The highest BCUT2D eigenvalue weighted by atomic mass is 32.1. The Labute approximate surface area is 158 Å². The Hall–Kier alpha value is -3.51. The van der Waals surface area contributed by atoms with Gasteiger partial charge in [0.15, 0.2) is 10.9 Å². The number of ketones is 1. The number of phenols is 1. The van der Waals surface area contributed by atoms with Crippen LogP contribution in [-0.4, -0.2) is 21.8 Å². The van der Waals surface area contributed by atoms with E-state index < -0.39 is 0 Å². The van der Waals surface area contributed by atoms with Crippen molar-refractivity contribution in [3.63, 3.8) is 0 Å². The number of benzene rings is 3. The molecule has 1 aromatic heterocycles. The number of amides is 1. The van der Waals surface area contributed by atoms with Gasteiger partial charge in [-0.3, -0.25) is 14.9 Å². The van der Waals surface area contributed by atoms with Crippen molar-refractivity contribution in [2.75, 3.05) is 5.32 Å². The van der Waals surface area contributed by atoms with Crippen molar-refractivity contribution in [2.45, 2.75) is 0 Å². The zero-order valence-corrected chi connectivity index (χ0v) is 14.9. The fraction of sp³-hybridized carbons (Fsp3) is 0. The van der Waals surface area contributed by atoms with Crippen molar-refractivity contribution in [1.82, 2.24) is 4.98 Å². The molecule has 1 heterocycles. The fourth-order valence-corrected chi connectivity index (χ4v) is 3.56. The van der Waals surface area contributed by atoms with E-state index in [-0.39, 0.29) is 17.4 Å². The molecule has 0 aliphatic carbocycles. The molecule has 6 heteroatoms. The number of aromatic hydroxyl groups is 1. The molecule has 2 N–H and O–H groups in total. The second-order valence-corrected chi connectivity index (χ2v) is 6.93. The summed E-state index contributed by atoms with van der Waals surface area (Å²) < 4.78 is 0.786. The third-order valence-electron chi connectivity index (χ3n) is 4.04. The summed E-state index contributed by atoms with van der Waals surface area (Å²) in [6.45, 7) is 0.